The smallest absolute Gasteiger partial charge is 0.310 e. The van der Waals surface area contributed by atoms with Crippen LogP contribution in [0.1, 0.15) is 71.8 Å². The molecule has 0 heterocycles. The maximum atomic E-state index is 12.9. The molecule has 31 heavy (non-hydrogen) atoms. The van der Waals surface area contributed by atoms with Crippen LogP contribution in [0.3, 0.4) is 0 Å². The fourth-order valence-electron chi connectivity index (χ4n) is 6.59. The van der Waals surface area contributed by atoms with Crippen molar-refractivity contribution < 1.29 is 14.6 Å². The number of rotatable bonds is 7. The Labute approximate surface area is 188 Å². The van der Waals surface area contributed by atoms with E-state index in [1.165, 1.54) is 6.42 Å². The largest absolute Gasteiger partial charge is 0.461 e. The van der Waals surface area contributed by atoms with Gasteiger partial charge in [0.05, 0.1) is 12.0 Å². The third kappa shape index (κ3) is 5.14. The maximum absolute atomic E-state index is 12.9. The summed E-state index contributed by atoms with van der Waals surface area (Å²) in [6, 6.07) is 9.80. The second-order valence-electron chi connectivity index (χ2n) is 11.0. The van der Waals surface area contributed by atoms with E-state index < -0.39 is 5.60 Å². The van der Waals surface area contributed by atoms with Gasteiger partial charge in [-0.3, -0.25) is 4.79 Å². The summed E-state index contributed by atoms with van der Waals surface area (Å²) in [7, 11) is 0. The Kier molecular flexibility index (Phi) is 6.86. The summed E-state index contributed by atoms with van der Waals surface area (Å²) in [4.78, 5) is 12.9. The molecule has 0 radical (unpaired) electrons. The highest BCUT2D eigenvalue weighted by Gasteiger charge is 2.57. The van der Waals surface area contributed by atoms with Crippen LogP contribution in [0.5, 0.6) is 0 Å². The Bertz CT molecular complexity index is 807. The van der Waals surface area contributed by atoms with E-state index in [9.17, 15) is 9.90 Å². The van der Waals surface area contributed by atoms with Crippen LogP contribution in [-0.4, -0.2) is 22.8 Å². The predicted octanol–water partition coefficient (Wildman–Crippen LogP) is 6.27. The molecule has 2 aliphatic carbocycles. The average Bonchev–Trinajstić information content (AvgIpc) is 2.67. The van der Waals surface area contributed by atoms with Crippen LogP contribution < -0.4 is 0 Å². The number of hydrogen-bond donors (Lipinski definition) is 1. The third-order valence-electron chi connectivity index (χ3n) is 8.07. The molecule has 0 spiro atoms. The van der Waals surface area contributed by atoms with E-state index >= 15 is 0 Å². The molecule has 0 bridgehead atoms. The first-order valence-corrected chi connectivity index (χ1v) is 11.8. The summed E-state index contributed by atoms with van der Waals surface area (Å²) in [5.74, 6) is 0.436. The summed E-state index contributed by atoms with van der Waals surface area (Å²) >= 11 is 0. The lowest BCUT2D eigenvalue weighted by Gasteiger charge is -2.60. The number of fused-ring (bicyclic) bond motifs is 1. The molecular formula is C28H40O3. The molecule has 1 aromatic carbocycles. The quantitative estimate of drug-likeness (QED) is 0.415. The molecule has 2 aliphatic rings. The molecule has 2 saturated carbocycles. The van der Waals surface area contributed by atoms with Crippen LogP contribution >= 0.6 is 0 Å². The molecule has 1 N–H and O–H groups in total. The topological polar surface area (TPSA) is 46.5 Å². The molecule has 3 rings (SSSR count). The molecule has 1 aromatic rings. The zero-order valence-corrected chi connectivity index (χ0v) is 19.8. The van der Waals surface area contributed by atoms with Gasteiger partial charge in [0.25, 0.3) is 0 Å². The Morgan fingerprint density at radius 3 is 2.58 bits per heavy atom. The second-order valence-corrected chi connectivity index (χ2v) is 11.0. The number of carbonyl (C=O) groups is 1. The third-order valence-corrected chi connectivity index (χ3v) is 8.07. The predicted molar refractivity (Wildman–Crippen MR) is 127 cm³/mol. The zero-order chi connectivity index (χ0) is 22.9. The molecule has 0 unspecified atom stereocenters. The monoisotopic (exact) mass is 424 g/mol. The maximum Gasteiger partial charge on any atom is 0.310 e. The number of carbonyl (C=O) groups excluding carboxylic acids is 1. The first-order chi connectivity index (χ1) is 14.5. The lowest BCUT2D eigenvalue weighted by atomic mass is 9.46. The van der Waals surface area contributed by atoms with E-state index in [4.69, 9.17) is 4.74 Å². The van der Waals surface area contributed by atoms with Gasteiger partial charge >= 0.3 is 5.97 Å². The van der Waals surface area contributed by atoms with Crippen molar-refractivity contribution in [3.05, 3.63) is 60.7 Å². The van der Waals surface area contributed by atoms with Gasteiger partial charge in [0.1, 0.15) is 6.10 Å². The van der Waals surface area contributed by atoms with Crippen molar-refractivity contribution in [1.29, 1.82) is 0 Å². The van der Waals surface area contributed by atoms with Crippen molar-refractivity contribution in [1.82, 2.24) is 0 Å². The van der Waals surface area contributed by atoms with Crippen LogP contribution in [-0.2, 0) is 16.0 Å². The minimum absolute atomic E-state index is 0.00598. The van der Waals surface area contributed by atoms with E-state index in [2.05, 4.69) is 33.9 Å². The molecule has 0 amide bonds. The Morgan fingerprint density at radius 1 is 1.26 bits per heavy atom. The SMILES string of the molecule is C=C[C@@](C)(O)CC[C@H]1C(=C)C[C@H](OC(=O)Cc2ccccc2)[C@H]2C(C)(C)CCC[C@]12C. The van der Waals surface area contributed by atoms with Gasteiger partial charge in [-0.05, 0) is 54.9 Å². The lowest BCUT2D eigenvalue weighted by molar-refractivity contribution is -0.173. The van der Waals surface area contributed by atoms with Gasteiger partial charge in [-0.2, -0.15) is 0 Å². The first-order valence-electron chi connectivity index (χ1n) is 11.8. The lowest BCUT2D eigenvalue weighted by Crippen LogP contribution is -2.56. The highest BCUT2D eigenvalue weighted by Crippen LogP contribution is 2.62. The Balaban J connectivity index is 1.83. The standard InChI is InChI=1S/C28H40O3/c1-7-27(5,30)17-14-22-20(2)18-23(25-26(3,4)15-11-16-28(22,25)6)31-24(29)19-21-12-9-8-10-13-21/h7-10,12-13,22-23,25,30H,1-2,11,14-19H2,3-6H3/t22-,23-,25-,27+,28+/m0/s1. The number of benzene rings is 1. The van der Waals surface area contributed by atoms with E-state index in [1.807, 2.05) is 37.3 Å². The van der Waals surface area contributed by atoms with Crippen molar-refractivity contribution >= 4 is 5.97 Å². The minimum atomic E-state index is -0.866. The summed E-state index contributed by atoms with van der Waals surface area (Å²) in [6.07, 6.45) is 7.48. The van der Waals surface area contributed by atoms with Crippen molar-refractivity contribution in [3.63, 3.8) is 0 Å². The molecule has 170 valence electrons. The van der Waals surface area contributed by atoms with Crippen LogP contribution in [0, 0.1) is 22.7 Å². The van der Waals surface area contributed by atoms with Gasteiger partial charge in [-0.1, -0.05) is 75.8 Å². The van der Waals surface area contributed by atoms with Crippen molar-refractivity contribution in [2.24, 2.45) is 22.7 Å². The fraction of sp³-hybridized carbons (Fsp3) is 0.607. The summed E-state index contributed by atoms with van der Waals surface area (Å²) < 4.78 is 6.19. The minimum Gasteiger partial charge on any atom is -0.461 e. The first kappa shape index (κ1) is 23.8. The Morgan fingerprint density at radius 2 is 1.94 bits per heavy atom. The van der Waals surface area contributed by atoms with Crippen molar-refractivity contribution in [2.45, 2.75) is 84.3 Å². The van der Waals surface area contributed by atoms with Crippen LogP contribution in [0.2, 0.25) is 0 Å². The number of hydrogen-bond acceptors (Lipinski definition) is 3. The van der Waals surface area contributed by atoms with E-state index in [-0.39, 0.29) is 28.8 Å². The highest BCUT2D eigenvalue weighted by molar-refractivity contribution is 5.72. The van der Waals surface area contributed by atoms with E-state index in [1.54, 1.807) is 6.08 Å². The normalized spacial score (nSPS) is 31.9. The van der Waals surface area contributed by atoms with E-state index in [0.29, 0.717) is 25.2 Å². The molecule has 0 aliphatic heterocycles. The fourth-order valence-corrected chi connectivity index (χ4v) is 6.59. The number of esters is 1. The van der Waals surface area contributed by atoms with Crippen molar-refractivity contribution in [3.8, 4) is 0 Å². The van der Waals surface area contributed by atoms with E-state index in [0.717, 1.165) is 30.4 Å². The summed E-state index contributed by atoms with van der Waals surface area (Å²) in [5, 5.41) is 10.5. The molecule has 0 aromatic heterocycles. The number of aliphatic hydroxyl groups is 1. The van der Waals surface area contributed by atoms with Gasteiger partial charge in [0, 0.05) is 12.3 Å². The van der Waals surface area contributed by atoms with Crippen LogP contribution in [0.15, 0.2) is 55.1 Å². The van der Waals surface area contributed by atoms with Gasteiger partial charge in [-0.25, -0.2) is 0 Å². The highest BCUT2D eigenvalue weighted by atomic mass is 16.5. The van der Waals surface area contributed by atoms with Crippen LogP contribution in [0.25, 0.3) is 0 Å². The Hall–Kier alpha value is -1.87. The zero-order valence-electron chi connectivity index (χ0n) is 19.8. The summed E-state index contributed by atoms with van der Waals surface area (Å²) in [6.45, 7) is 17.1. The molecule has 2 fully saturated rings. The molecular weight excluding hydrogens is 384 g/mol. The molecule has 0 saturated heterocycles. The van der Waals surface area contributed by atoms with Crippen molar-refractivity contribution in [2.75, 3.05) is 0 Å². The number of ether oxygens (including phenoxy) is 1. The van der Waals surface area contributed by atoms with Gasteiger partial charge in [0.2, 0.25) is 0 Å². The van der Waals surface area contributed by atoms with Crippen LogP contribution in [0.4, 0.5) is 0 Å². The second kappa shape index (κ2) is 8.94. The molecule has 5 atom stereocenters. The average molecular weight is 425 g/mol. The molecule has 3 nitrogen and oxygen atoms in total. The van der Waals surface area contributed by atoms with Gasteiger partial charge < -0.3 is 9.84 Å². The summed E-state index contributed by atoms with van der Waals surface area (Å²) in [5.41, 5.74) is 1.37. The van der Waals surface area contributed by atoms with Gasteiger partial charge in [-0.15, -0.1) is 6.58 Å². The molecule has 3 heteroatoms. The van der Waals surface area contributed by atoms with Gasteiger partial charge in [0.15, 0.2) is 0 Å².